The summed E-state index contributed by atoms with van der Waals surface area (Å²) in [5.74, 6) is -0.399. The van der Waals surface area contributed by atoms with E-state index in [9.17, 15) is 4.79 Å². The summed E-state index contributed by atoms with van der Waals surface area (Å²) in [5.41, 5.74) is 2.91. The van der Waals surface area contributed by atoms with E-state index in [2.05, 4.69) is 0 Å². The summed E-state index contributed by atoms with van der Waals surface area (Å²) in [6.45, 7) is 0. The number of carbonyl (C=O) groups excluding carboxylic acids is 1. The summed E-state index contributed by atoms with van der Waals surface area (Å²) in [4.78, 5) is 11.8. The van der Waals surface area contributed by atoms with E-state index >= 15 is 0 Å². The molecule has 0 atom stereocenters. The first kappa shape index (κ1) is 12.4. The molecule has 0 aliphatic carbocycles. The lowest BCUT2D eigenvalue weighted by Crippen LogP contribution is -2.16. The highest BCUT2D eigenvalue weighted by atomic mass is 16.5. The summed E-state index contributed by atoms with van der Waals surface area (Å²) >= 11 is 0. The molecule has 0 heterocycles. The fourth-order valence-corrected chi connectivity index (χ4v) is 1.84. The zero-order valence-corrected chi connectivity index (χ0v) is 10.1. The number of esters is 1. The molecule has 0 aliphatic rings. The molecule has 1 N–H and O–H groups in total. The monoisotopic (exact) mass is 240 g/mol. The average molecular weight is 240 g/mol. The van der Waals surface area contributed by atoms with Gasteiger partial charge in [0, 0.05) is 0 Å². The van der Waals surface area contributed by atoms with Crippen LogP contribution in [0.4, 0.5) is 0 Å². The van der Waals surface area contributed by atoms with Crippen LogP contribution in [0.3, 0.4) is 0 Å². The van der Waals surface area contributed by atoms with Gasteiger partial charge in [0.2, 0.25) is 0 Å². The number of benzene rings is 2. The minimum absolute atomic E-state index is 0.0982. The van der Waals surface area contributed by atoms with E-state index in [1.54, 1.807) is 12.1 Å². The van der Waals surface area contributed by atoms with Gasteiger partial charge in [-0.2, -0.15) is 0 Å². The lowest BCUT2D eigenvalue weighted by atomic mass is 9.85. The summed E-state index contributed by atoms with van der Waals surface area (Å²) in [5, 5.41) is 9.13. The number of rotatable bonds is 3. The van der Waals surface area contributed by atoms with Crippen LogP contribution < -0.4 is 5.46 Å². The Balaban J connectivity index is 2.56. The second-order valence-corrected chi connectivity index (χ2v) is 3.90. The van der Waals surface area contributed by atoms with Gasteiger partial charge in [-0.1, -0.05) is 54.0 Å². The number of carbonyl (C=O) groups is 1. The van der Waals surface area contributed by atoms with Gasteiger partial charge in [-0.25, -0.2) is 4.79 Å². The summed E-state index contributed by atoms with van der Waals surface area (Å²) in [7, 11) is 1.25. The first-order valence-corrected chi connectivity index (χ1v) is 5.63. The largest absolute Gasteiger partial charge is 0.465 e. The zero-order chi connectivity index (χ0) is 13.0. The quantitative estimate of drug-likeness (QED) is 0.645. The van der Waals surface area contributed by atoms with E-state index in [1.165, 1.54) is 7.11 Å². The predicted octanol–water partition coefficient (Wildman–Crippen LogP) is 1.11. The van der Waals surface area contributed by atoms with Crippen LogP contribution in [-0.4, -0.2) is 25.6 Å². The molecule has 0 aliphatic heterocycles. The molecular weight excluding hydrogens is 227 g/mol. The minimum atomic E-state index is -0.399. The smallest absolute Gasteiger partial charge is 0.338 e. The Labute approximate surface area is 106 Å². The molecule has 2 aromatic rings. The normalized spacial score (nSPS) is 9.89. The number of ether oxygens (including phenoxy) is 1. The van der Waals surface area contributed by atoms with E-state index in [-0.39, 0.29) is 7.48 Å². The summed E-state index contributed by atoms with van der Waals surface area (Å²) < 4.78 is 4.78. The maximum atomic E-state index is 11.8. The van der Waals surface area contributed by atoms with Crippen LogP contribution in [0.25, 0.3) is 11.1 Å². The van der Waals surface area contributed by atoms with Gasteiger partial charge in [-0.05, 0) is 11.1 Å². The van der Waals surface area contributed by atoms with Gasteiger partial charge in [0.15, 0.2) is 0 Å². The Hall–Kier alpha value is -2.07. The van der Waals surface area contributed by atoms with Crippen LogP contribution >= 0.6 is 0 Å². The number of hydrogen-bond acceptors (Lipinski definition) is 3. The Morgan fingerprint density at radius 2 is 1.89 bits per heavy atom. The molecule has 4 heteroatoms. The fourth-order valence-electron chi connectivity index (χ4n) is 1.84. The van der Waals surface area contributed by atoms with Crippen molar-refractivity contribution < 1.29 is 14.6 Å². The van der Waals surface area contributed by atoms with E-state index in [4.69, 9.17) is 9.76 Å². The highest BCUT2D eigenvalue weighted by Gasteiger charge is 2.13. The Kier molecular flexibility index (Phi) is 3.80. The lowest BCUT2D eigenvalue weighted by molar-refractivity contribution is 0.0601. The Bertz CT molecular complexity index is 552. The van der Waals surface area contributed by atoms with E-state index < -0.39 is 5.97 Å². The summed E-state index contributed by atoms with van der Waals surface area (Å²) in [6.07, 6.45) is 0. The fraction of sp³-hybridized carbons (Fsp3) is 0.0714. The van der Waals surface area contributed by atoms with Crippen molar-refractivity contribution >= 4 is 18.9 Å². The van der Waals surface area contributed by atoms with Crippen molar-refractivity contribution in [1.82, 2.24) is 0 Å². The van der Waals surface area contributed by atoms with Gasteiger partial charge in [-0.15, -0.1) is 0 Å². The van der Waals surface area contributed by atoms with E-state index in [0.717, 1.165) is 11.1 Å². The maximum Gasteiger partial charge on any atom is 0.338 e. The number of hydrogen-bond donors (Lipinski definition) is 1. The highest BCUT2D eigenvalue weighted by Crippen LogP contribution is 2.23. The van der Waals surface area contributed by atoms with Crippen molar-refractivity contribution in [2.45, 2.75) is 0 Å². The molecule has 0 aromatic heterocycles. The van der Waals surface area contributed by atoms with Gasteiger partial charge in [0.1, 0.15) is 0 Å². The lowest BCUT2D eigenvalue weighted by Gasteiger charge is -2.09. The van der Waals surface area contributed by atoms with Crippen LogP contribution in [-0.2, 0) is 4.74 Å². The molecule has 0 bridgehead atoms. The van der Waals surface area contributed by atoms with Gasteiger partial charge in [0.05, 0.1) is 12.7 Å². The molecule has 0 radical (unpaired) electrons. The highest BCUT2D eigenvalue weighted by molar-refractivity contribution is 6.45. The second kappa shape index (κ2) is 5.51. The molecule has 0 saturated carbocycles. The molecular formula is C14H13BO3. The average Bonchev–Trinajstić information content (AvgIpc) is 2.46. The van der Waals surface area contributed by atoms with Gasteiger partial charge >= 0.3 is 13.5 Å². The van der Waals surface area contributed by atoms with Crippen LogP contribution in [0.5, 0.6) is 0 Å². The summed E-state index contributed by atoms with van der Waals surface area (Å²) in [6, 6.07) is 14.9. The van der Waals surface area contributed by atoms with Crippen LogP contribution in [0.1, 0.15) is 10.4 Å². The number of methoxy groups -OCH3 is 1. The molecule has 2 rings (SSSR count). The topological polar surface area (TPSA) is 46.5 Å². The maximum absolute atomic E-state index is 11.8. The first-order valence-electron chi connectivity index (χ1n) is 5.63. The SMILES string of the molecule is COC(=O)c1cc(BO)ccc1-c1ccccc1. The molecule has 0 saturated heterocycles. The van der Waals surface area contributed by atoms with Crippen molar-refractivity contribution in [1.29, 1.82) is 0 Å². The Morgan fingerprint density at radius 3 is 2.50 bits per heavy atom. The molecule has 0 unspecified atom stereocenters. The molecule has 3 nitrogen and oxygen atoms in total. The third kappa shape index (κ3) is 2.44. The second-order valence-electron chi connectivity index (χ2n) is 3.90. The molecule has 0 fully saturated rings. The van der Waals surface area contributed by atoms with E-state index in [0.29, 0.717) is 11.0 Å². The van der Waals surface area contributed by atoms with Crippen molar-refractivity contribution in [2.24, 2.45) is 0 Å². The first-order chi connectivity index (χ1) is 8.76. The third-order valence-corrected chi connectivity index (χ3v) is 2.76. The van der Waals surface area contributed by atoms with Crippen molar-refractivity contribution in [3.8, 4) is 11.1 Å². The molecule has 0 amide bonds. The molecule has 0 spiro atoms. The van der Waals surface area contributed by atoms with Crippen molar-refractivity contribution in [3.05, 3.63) is 54.1 Å². The van der Waals surface area contributed by atoms with Crippen molar-refractivity contribution in [2.75, 3.05) is 7.11 Å². The predicted molar refractivity (Wildman–Crippen MR) is 72.2 cm³/mol. The van der Waals surface area contributed by atoms with Gasteiger partial charge < -0.3 is 9.76 Å². The van der Waals surface area contributed by atoms with Gasteiger partial charge in [0.25, 0.3) is 0 Å². The minimum Gasteiger partial charge on any atom is -0.465 e. The third-order valence-electron chi connectivity index (χ3n) is 2.76. The standard InChI is InChI=1S/C14H13BO3/c1-18-14(16)13-9-11(15-17)7-8-12(13)10-5-3-2-4-6-10/h2-9,15,17H,1H3. The molecule has 2 aromatic carbocycles. The van der Waals surface area contributed by atoms with Crippen molar-refractivity contribution in [3.63, 3.8) is 0 Å². The van der Waals surface area contributed by atoms with Crippen LogP contribution in [0.2, 0.25) is 0 Å². The van der Waals surface area contributed by atoms with Crippen LogP contribution in [0.15, 0.2) is 48.5 Å². The Morgan fingerprint density at radius 1 is 1.17 bits per heavy atom. The van der Waals surface area contributed by atoms with E-state index in [1.807, 2.05) is 36.4 Å². The van der Waals surface area contributed by atoms with Gasteiger partial charge in [-0.3, -0.25) is 0 Å². The molecule has 90 valence electrons. The zero-order valence-electron chi connectivity index (χ0n) is 10.1. The van der Waals surface area contributed by atoms with Crippen LogP contribution in [0, 0.1) is 0 Å². The molecule has 18 heavy (non-hydrogen) atoms.